The summed E-state index contributed by atoms with van der Waals surface area (Å²) in [6, 6.07) is 8.18. The van der Waals surface area contributed by atoms with Gasteiger partial charge in [-0.05, 0) is 12.1 Å². The van der Waals surface area contributed by atoms with Gasteiger partial charge in [0.2, 0.25) is 0 Å². The number of aromatic nitrogens is 1. The van der Waals surface area contributed by atoms with Crippen molar-refractivity contribution in [3.8, 4) is 0 Å². The summed E-state index contributed by atoms with van der Waals surface area (Å²) >= 11 is 0. The molecule has 1 aliphatic heterocycles. The minimum atomic E-state index is -1.02. The molecule has 0 radical (unpaired) electrons. The van der Waals surface area contributed by atoms with E-state index in [1.807, 2.05) is 24.3 Å². The quantitative estimate of drug-likeness (QED) is 0.597. The molecule has 0 saturated carbocycles. The third-order valence-electron chi connectivity index (χ3n) is 3.86. The molecule has 24 heavy (non-hydrogen) atoms. The second kappa shape index (κ2) is 7.43. The average molecular weight is 332 g/mol. The summed E-state index contributed by atoms with van der Waals surface area (Å²) in [6.07, 6.45) is 0. The molecule has 3 rings (SSSR count). The van der Waals surface area contributed by atoms with Crippen LogP contribution in [0, 0.1) is 0 Å². The highest BCUT2D eigenvalue weighted by molar-refractivity contribution is 6.00. The van der Waals surface area contributed by atoms with Gasteiger partial charge in [0, 0.05) is 24.0 Å². The Morgan fingerprint density at radius 3 is 2.75 bits per heavy atom. The predicted octanol–water partition coefficient (Wildman–Crippen LogP) is -0.378. The van der Waals surface area contributed by atoms with Gasteiger partial charge >= 0.3 is 0 Å². The Kier molecular flexibility index (Phi) is 5.09. The Morgan fingerprint density at radius 2 is 2.04 bits per heavy atom. The molecular weight excluding hydrogens is 312 g/mol. The summed E-state index contributed by atoms with van der Waals surface area (Å²) in [5.41, 5.74) is 3.86. The highest BCUT2D eigenvalue weighted by atomic mass is 16.5. The molecule has 1 fully saturated rings. The van der Waals surface area contributed by atoms with Crippen LogP contribution in [0.1, 0.15) is 10.5 Å². The second-order valence-corrected chi connectivity index (χ2v) is 5.55. The standard InChI is InChI=1S/C16H20N4O4/c21-10-14(16(23)19-20-5-7-24-8-6-20)18-15(22)13-9-11-3-1-2-4-12(11)17-13/h1-4,9,14,17,21H,5-8,10H2,(H,18,22)(H,19,23). The van der Waals surface area contributed by atoms with Crippen molar-refractivity contribution in [1.82, 2.24) is 20.7 Å². The van der Waals surface area contributed by atoms with Gasteiger partial charge < -0.3 is 20.1 Å². The van der Waals surface area contributed by atoms with Gasteiger partial charge in [-0.2, -0.15) is 0 Å². The monoisotopic (exact) mass is 332 g/mol. The van der Waals surface area contributed by atoms with Crippen LogP contribution >= 0.6 is 0 Å². The maximum absolute atomic E-state index is 12.3. The van der Waals surface area contributed by atoms with E-state index >= 15 is 0 Å². The summed E-state index contributed by atoms with van der Waals surface area (Å²) in [6.45, 7) is 1.72. The number of aromatic amines is 1. The molecule has 1 atom stereocenters. The zero-order valence-corrected chi connectivity index (χ0v) is 13.1. The van der Waals surface area contributed by atoms with Gasteiger partial charge in [-0.15, -0.1) is 0 Å². The van der Waals surface area contributed by atoms with E-state index in [2.05, 4.69) is 15.7 Å². The molecule has 8 heteroatoms. The Hall–Kier alpha value is -2.42. The number of morpholine rings is 1. The van der Waals surface area contributed by atoms with E-state index < -0.39 is 24.5 Å². The second-order valence-electron chi connectivity index (χ2n) is 5.55. The summed E-state index contributed by atoms with van der Waals surface area (Å²) in [5, 5.41) is 14.6. The van der Waals surface area contributed by atoms with Gasteiger partial charge in [0.05, 0.1) is 19.8 Å². The number of amides is 2. The Balaban J connectivity index is 1.63. The highest BCUT2D eigenvalue weighted by Gasteiger charge is 2.23. The smallest absolute Gasteiger partial charge is 0.268 e. The number of carbonyl (C=O) groups excluding carboxylic acids is 2. The molecule has 8 nitrogen and oxygen atoms in total. The number of carbonyl (C=O) groups is 2. The molecule has 128 valence electrons. The number of nitrogens with zero attached hydrogens (tertiary/aromatic N) is 1. The van der Waals surface area contributed by atoms with Crippen molar-refractivity contribution < 1.29 is 19.4 Å². The highest BCUT2D eigenvalue weighted by Crippen LogP contribution is 2.14. The lowest BCUT2D eigenvalue weighted by molar-refractivity contribution is -0.130. The topological polar surface area (TPSA) is 107 Å². The number of ether oxygens (including phenoxy) is 1. The van der Waals surface area contributed by atoms with E-state index in [1.54, 1.807) is 11.1 Å². The van der Waals surface area contributed by atoms with Crippen LogP contribution in [0.4, 0.5) is 0 Å². The van der Waals surface area contributed by atoms with Crippen molar-refractivity contribution in [2.75, 3.05) is 32.9 Å². The first kappa shape index (κ1) is 16.4. The number of nitrogens with one attached hydrogen (secondary N) is 3. The van der Waals surface area contributed by atoms with Crippen molar-refractivity contribution >= 4 is 22.7 Å². The van der Waals surface area contributed by atoms with Crippen LogP contribution in [-0.4, -0.2) is 65.9 Å². The Labute approximate surface area is 138 Å². The zero-order valence-electron chi connectivity index (χ0n) is 13.1. The van der Waals surface area contributed by atoms with Crippen molar-refractivity contribution in [2.24, 2.45) is 0 Å². The zero-order chi connectivity index (χ0) is 16.9. The number of hydrogen-bond donors (Lipinski definition) is 4. The van der Waals surface area contributed by atoms with Gasteiger partial charge in [-0.1, -0.05) is 18.2 Å². The van der Waals surface area contributed by atoms with E-state index in [0.29, 0.717) is 32.0 Å². The molecule has 1 aromatic carbocycles. The lowest BCUT2D eigenvalue weighted by Gasteiger charge is -2.28. The normalized spacial score (nSPS) is 16.7. The van der Waals surface area contributed by atoms with Gasteiger partial charge in [-0.25, -0.2) is 5.01 Å². The van der Waals surface area contributed by atoms with Gasteiger partial charge in [0.15, 0.2) is 0 Å². The van der Waals surface area contributed by atoms with Crippen LogP contribution in [-0.2, 0) is 9.53 Å². The summed E-state index contributed by atoms with van der Waals surface area (Å²) in [4.78, 5) is 27.5. The molecule has 1 unspecified atom stereocenters. The molecule has 4 N–H and O–H groups in total. The molecular formula is C16H20N4O4. The van der Waals surface area contributed by atoms with Crippen molar-refractivity contribution in [2.45, 2.75) is 6.04 Å². The van der Waals surface area contributed by atoms with Gasteiger partial charge in [-0.3, -0.25) is 15.0 Å². The minimum Gasteiger partial charge on any atom is -0.394 e. The fourth-order valence-corrected chi connectivity index (χ4v) is 2.53. The number of para-hydroxylation sites is 1. The van der Waals surface area contributed by atoms with E-state index in [0.717, 1.165) is 10.9 Å². The number of H-pyrrole nitrogens is 1. The fourth-order valence-electron chi connectivity index (χ4n) is 2.53. The van der Waals surface area contributed by atoms with Crippen LogP contribution in [0.5, 0.6) is 0 Å². The number of hydrogen-bond acceptors (Lipinski definition) is 5. The van der Waals surface area contributed by atoms with Crippen molar-refractivity contribution in [1.29, 1.82) is 0 Å². The SMILES string of the molecule is O=C(NC(CO)C(=O)NN1CCOCC1)c1cc2ccccc2[nH]1. The van der Waals surface area contributed by atoms with E-state index in [-0.39, 0.29) is 0 Å². The predicted molar refractivity (Wildman–Crippen MR) is 87.2 cm³/mol. The van der Waals surface area contributed by atoms with Crippen molar-refractivity contribution in [3.05, 3.63) is 36.0 Å². The van der Waals surface area contributed by atoms with Gasteiger partial charge in [0.1, 0.15) is 11.7 Å². The maximum atomic E-state index is 12.3. The molecule has 0 spiro atoms. The first-order valence-corrected chi connectivity index (χ1v) is 7.80. The first-order valence-electron chi connectivity index (χ1n) is 7.80. The molecule has 2 aromatic rings. The summed E-state index contributed by atoms with van der Waals surface area (Å²) < 4.78 is 5.20. The molecule has 1 aliphatic rings. The van der Waals surface area contributed by atoms with Crippen LogP contribution in [0.3, 0.4) is 0 Å². The maximum Gasteiger partial charge on any atom is 0.268 e. The van der Waals surface area contributed by atoms with Crippen molar-refractivity contribution in [3.63, 3.8) is 0 Å². The first-order chi connectivity index (χ1) is 11.7. The van der Waals surface area contributed by atoms with E-state index in [9.17, 15) is 14.7 Å². The van der Waals surface area contributed by atoms with E-state index in [4.69, 9.17) is 4.74 Å². The number of hydrazine groups is 1. The minimum absolute atomic E-state index is 0.342. The fraction of sp³-hybridized carbons (Fsp3) is 0.375. The Bertz CT molecular complexity index is 691. The number of aliphatic hydroxyl groups is 1. The molecule has 0 bridgehead atoms. The van der Waals surface area contributed by atoms with E-state index in [1.165, 1.54) is 0 Å². The molecule has 1 saturated heterocycles. The van der Waals surface area contributed by atoms with Crippen LogP contribution < -0.4 is 10.7 Å². The van der Waals surface area contributed by atoms with Crippen LogP contribution in [0.15, 0.2) is 30.3 Å². The molecule has 0 aliphatic carbocycles. The van der Waals surface area contributed by atoms with Crippen LogP contribution in [0.2, 0.25) is 0 Å². The number of benzene rings is 1. The molecule has 2 amide bonds. The third kappa shape index (κ3) is 3.73. The summed E-state index contributed by atoms with van der Waals surface area (Å²) in [5.74, 6) is -0.897. The average Bonchev–Trinajstić information content (AvgIpc) is 3.04. The third-order valence-corrected chi connectivity index (χ3v) is 3.86. The largest absolute Gasteiger partial charge is 0.394 e. The lowest BCUT2D eigenvalue weighted by atomic mass is 10.2. The number of aliphatic hydroxyl groups excluding tert-OH is 1. The molecule has 1 aromatic heterocycles. The number of rotatable bonds is 5. The summed E-state index contributed by atoms with van der Waals surface area (Å²) in [7, 11) is 0. The Morgan fingerprint density at radius 1 is 1.29 bits per heavy atom. The van der Waals surface area contributed by atoms with Crippen LogP contribution in [0.25, 0.3) is 10.9 Å². The number of fused-ring (bicyclic) bond motifs is 1. The molecule has 2 heterocycles. The lowest BCUT2D eigenvalue weighted by Crippen LogP contribution is -2.56. The van der Waals surface area contributed by atoms with Gasteiger partial charge in [0.25, 0.3) is 11.8 Å².